The first-order valence-electron chi connectivity index (χ1n) is 9.33. The van der Waals surface area contributed by atoms with Gasteiger partial charge in [0.1, 0.15) is 10.6 Å². The molecule has 0 unspecified atom stereocenters. The number of hydrogen-bond acceptors (Lipinski definition) is 5. The molecule has 32 heavy (non-hydrogen) atoms. The molecular weight excluding hydrogens is 506 g/mol. The van der Waals surface area contributed by atoms with Gasteiger partial charge in [0.05, 0.1) is 23.5 Å². The number of nitrogens with zero attached hydrogens (tertiary/aromatic N) is 3. The molecule has 0 fully saturated rings. The third-order valence-electron chi connectivity index (χ3n) is 4.65. The number of alkyl halides is 2. The number of aromatic nitrogens is 2. The fourth-order valence-corrected chi connectivity index (χ4v) is 4.43. The molecule has 166 valence electrons. The predicted octanol–water partition coefficient (Wildman–Crippen LogP) is 4.57. The standard InChI is InChI=1S/C21H17BrF2N4O3S/c1-11(2)17(18(29)30)27-19(31)21(23,24)32-20-26-10-16(22)28(20)15-8-7-12(9-25)13-5-3-4-6-14(13)15/h3-8,10-11,17H,1-2H3,(H,27,31)(H,29,30)/t17-/m0/s1. The summed E-state index contributed by atoms with van der Waals surface area (Å²) < 4.78 is 31.3. The fraction of sp³-hybridized carbons (Fsp3) is 0.238. The maximum atomic E-state index is 14.8. The van der Waals surface area contributed by atoms with Crippen LogP contribution < -0.4 is 5.32 Å². The zero-order valence-corrected chi connectivity index (χ0v) is 19.2. The summed E-state index contributed by atoms with van der Waals surface area (Å²) in [5.41, 5.74) is 0.904. The molecule has 0 saturated heterocycles. The van der Waals surface area contributed by atoms with E-state index in [1.807, 2.05) is 5.32 Å². The maximum Gasteiger partial charge on any atom is 0.377 e. The van der Waals surface area contributed by atoms with Crippen LogP contribution in [0, 0.1) is 17.2 Å². The van der Waals surface area contributed by atoms with Gasteiger partial charge in [0.25, 0.3) is 0 Å². The van der Waals surface area contributed by atoms with Gasteiger partial charge in [0, 0.05) is 10.8 Å². The van der Waals surface area contributed by atoms with Crippen LogP contribution >= 0.6 is 27.7 Å². The number of rotatable bonds is 7. The number of carbonyl (C=O) groups is 2. The van der Waals surface area contributed by atoms with Crippen LogP contribution in [0.1, 0.15) is 19.4 Å². The van der Waals surface area contributed by atoms with Gasteiger partial charge < -0.3 is 10.4 Å². The number of carboxylic acids is 1. The molecule has 0 radical (unpaired) electrons. The van der Waals surface area contributed by atoms with E-state index in [0.29, 0.717) is 26.6 Å². The van der Waals surface area contributed by atoms with Gasteiger partial charge in [0.2, 0.25) is 0 Å². The number of halogens is 3. The van der Waals surface area contributed by atoms with E-state index in [0.717, 1.165) is 0 Å². The largest absolute Gasteiger partial charge is 0.480 e. The van der Waals surface area contributed by atoms with E-state index >= 15 is 0 Å². The van der Waals surface area contributed by atoms with E-state index in [-0.39, 0.29) is 16.9 Å². The lowest BCUT2D eigenvalue weighted by Gasteiger charge is -2.22. The molecule has 7 nitrogen and oxygen atoms in total. The summed E-state index contributed by atoms with van der Waals surface area (Å²) in [5, 5.41) is 17.5. The summed E-state index contributed by atoms with van der Waals surface area (Å²) >= 11 is 3.20. The average molecular weight is 523 g/mol. The van der Waals surface area contributed by atoms with Crippen molar-refractivity contribution in [3.63, 3.8) is 0 Å². The molecule has 3 rings (SSSR count). The lowest BCUT2D eigenvalue weighted by atomic mass is 10.0. The van der Waals surface area contributed by atoms with E-state index in [1.165, 1.54) is 24.6 Å². The second-order valence-corrected chi connectivity index (χ2v) is 9.04. The molecule has 0 bridgehead atoms. The minimum absolute atomic E-state index is 0.101. The number of fused-ring (bicyclic) bond motifs is 1. The second-order valence-electron chi connectivity index (χ2n) is 7.14. The number of amides is 1. The van der Waals surface area contributed by atoms with Crippen molar-refractivity contribution in [2.45, 2.75) is 30.3 Å². The van der Waals surface area contributed by atoms with Crippen molar-refractivity contribution in [1.29, 1.82) is 5.26 Å². The third kappa shape index (κ3) is 4.61. The summed E-state index contributed by atoms with van der Waals surface area (Å²) in [6.45, 7) is 3.01. The van der Waals surface area contributed by atoms with Gasteiger partial charge in [-0.3, -0.25) is 9.36 Å². The molecule has 1 amide bonds. The van der Waals surface area contributed by atoms with Crippen molar-refractivity contribution in [1.82, 2.24) is 14.9 Å². The predicted molar refractivity (Wildman–Crippen MR) is 119 cm³/mol. The highest BCUT2D eigenvalue weighted by molar-refractivity contribution is 9.10. The zero-order valence-electron chi connectivity index (χ0n) is 16.8. The van der Waals surface area contributed by atoms with Crippen molar-refractivity contribution < 1.29 is 23.5 Å². The van der Waals surface area contributed by atoms with Crippen LogP contribution in [0.5, 0.6) is 0 Å². The number of benzene rings is 2. The Morgan fingerprint density at radius 3 is 2.50 bits per heavy atom. The molecule has 2 N–H and O–H groups in total. The van der Waals surface area contributed by atoms with Crippen LogP contribution in [-0.4, -0.2) is 37.8 Å². The van der Waals surface area contributed by atoms with E-state index in [9.17, 15) is 28.7 Å². The first-order valence-corrected chi connectivity index (χ1v) is 10.9. The van der Waals surface area contributed by atoms with Gasteiger partial charge in [-0.15, -0.1) is 0 Å². The van der Waals surface area contributed by atoms with E-state index in [2.05, 4.69) is 27.0 Å². The third-order valence-corrected chi connectivity index (χ3v) is 6.12. The maximum absolute atomic E-state index is 14.8. The quantitative estimate of drug-likeness (QED) is 0.440. The van der Waals surface area contributed by atoms with E-state index in [1.54, 1.807) is 36.4 Å². The Balaban J connectivity index is 2.00. The molecule has 0 aliphatic rings. The first-order chi connectivity index (χ1) is 15.1. The average Bonchev–Trinajstić information content (AvgIpc) is 3.09. The van der Waals surface area contributed by atoms with Crippen LogP contribution in [-0.2, 0) is 9.59 Å². The summed E-state index contributed by atoms with van der Waals surface area (Å²) in [7, 11) is 0. The molecule has 0 spiro atoms. The molecule has 1 aromatic heterocycles. The van der Waals surface area contributed by atoms with Crippen LogP contribution in [0.15, 0.2) is 52.4 Å². The van der Waals surface area contributed by atoms with Crippen molar-refractivity contribution in [2.24, 2.45) is 5.92 Å². The van der Waals surface area contributed by atoms with Crippen molar-refractivity contribution in [3.05, 3.63) is 52.8 Å². The molecule has 1 heterocycles. The Morgan fingerprint density at radius 2 is 1.91 bits per heavy atom. The number of nitriles is 1. The second kappa shape index (κ2) is 9.26. The van der Waals surface area contributed by atoms with Crippen LogP contribution in [0.25, 0.3) is 16.5 Å². The molecular formula is C21H17BrF2N4O3S. The normalized spacial score (nSPS) is 12.5. The number of carbonyl (C=O) groups excluding carboxylic acids is 1. The van der Waals surface area contributed by atoms with Crippen molar-refractivity contribution in [3.8, 4) is 11.8 Å². The van der Waals surface area contributed by atoms with Crippen molar-refractivity contribution in [2.75, 3.05) is 0 Å². The molecule has 11 heteroatoms. The zero-order chi connectivity index (χ0) is 23.6. The first kappa shape index (κ1) is 23.7. The van der Waals surface area contributed by atoms with Crippen LogP contribution in [0.4, 0.5) is 8.78 Å². The van der Waals surface area contributed by atoms with Gasteiger partial charge >= 0.3 is 17.1 Å². The number of hydrogen-bond donors (Lipinski definition) is 2. The van der Waals surface area contributed by atoms with Gasteiger partial charge in [-0.25, -0.2) is 9.78 Å². The van der Waals surface area contributed by atoms with E-state index < -0.39 is 29.1 Å². The van der Waals surface area contributed by atoms with Crippen molar-refractivity contribution >= 4 is 50.3 Å². The molecule has 2 aromatic carbocycles. The highest BCUT2D eigenvalue weighted by atomic mass is 79.9. The highest BCUT2D eigenvalue weighted by Gasteiger charge is 2.44. The lowest BCUT2D eigenvalue weighted by Crippen LogP contribution is -2.49. The number of carboxylic acid groups (broad SMARTS) is 1. The van der Waals surface area contributed by atoms with E-state index in [4.69, 9.17) is 0 Å². The minimum Gasteiger partial charge on any atom is -0.480 e. The number of aliphatic carboxylic acids is 1. The van der Waals surface area contributed by atoms with Crippen LogP contribution in [0.2, 0.25) is 0 Å². The summed E-state index contributed by atoms with van der Waals surface area (Å²) in [5.74, 6) is -3.71. The molecule has 0 aliphatic carbocycles. The molecule has 3 aromatic rings. The van der Waals surface area contributed by atoms with Crippen LogP contribution in [0.3, 0.4) is 0 Å². The summed E-state index contributed by atoms with van der Waals surface area (Å²) in [6, 6.07) is 10.8. The lowest BCUT2D eigenvalue weighted by molar-refractivity contribution is -0.146. The topological polar surface area (TPSA) is 108 Å². The van der Waals surface area contributed by atoms with Gasteiger partial charge in [0.15, 0.2) is 5.16 Å². The smallest absolute Gasteiger partial charge is 0.377 e. The molecule has 0 saturated carbocycles. The Hall–Kier alpha value is -2.97. The SMILES string of the molecule is CC(C)[C@H](NC(=O)C(F)(F)Sc1ncc(Br)n1-c1ccc(C#N)c2ccccc12)C(=O)O. The Morgan fingerprint density at radius 1 is 1.25 bits per heavy atom. The summed E-state index contributed by atoms with van der Waals surface area (Å²) in [4.78, 5) is 27.5. The fourth-order valence-electron chi connectivity index (χ4n) is 3.08. The monoisotopic (exact) mass is 522 g/mol. The Bertz CT molecular complexity index is 1240. The number of imidazole rings is 1. The minimum atomic E-state index is -3.99. The Labute approximate surface area is 194 Å². The summed E-state index contributed by atoms with van der Waals surface area (Å²) in [6.07, 6.45) is 1.32. The molecule has 1 atom stereocenters. The molecule has 0 aliphatic heterocycles. The van der Waals surface area contributed by atoms with Gasteiger partial charge in [-0.05, 0) is 45.7 Å². The van der Waals surface area contributed by atoms with Gasteiger partial charge in [-0.1, -0.05) is 38.1 Å². The highest BCUT2D eigenvalue weighted by Crippen LogP contribution is 2.39. The number of thioether (sulfide) groups is 1. The Kier molecular flexibility index (Phi) is 6.85. The number of nitrogens with one attached hydrogen (secondary N) is 1. The van der Waals surface area contributed by atoms with Gasteiger partial charge in [-0.2, -0.15) is 14.0 Å².